The van der Waals surface area contributed by atoms with Gasteiger partial charge in [-0.1, -0.05) is 43.0 Å². The third-order valence-corrected chi connectivity index (χ3v) is 7.13. The van der Waals surface area contributed by atoms with E-state index in [1.807, 2.05) is 62.4 Å². The minimum absolute atomic E-state index is 0.0768. The van der Waals surface area contributed by atoms with Gasteiger partial charge in [-0.2, -0.15) is 0 Å². The van der Waals surface area contributed by atoms with Gasteiger partial charge in [-0.05, 0) is 49.6 Å². The third kappa shape index (κ3) is 6.37. The van der Waals surface area contributed by atoms with Crippen molar-refractivity contribution in [3.63, 3.8) is 0 Å². The van der Waals surface area contributed by atoms with Gasteiger partial charge in [0.05, 0.1) is 18.6 Å². The van der Waals surface area contributed by atoms with Gasteiger partial charge in [0.2, 0.25) is 11.8 Å². The zero-order valence-electron chi connectivity index (χ0n) is 21.2. The summed E-state index contributed by atoms with van der Waals surface area (Å²) in [5.41, 5.74) is 2.42. The third-order valence-electron chi connectivity index (χ3n) is 6.19. The second-order valence-electron chi connectivity index (χ2n) is 8.88. The maximum absolute atomic E-state index is 13.4. The van der Waals surface area contributed by atoms with Crippen molar-refractivity contribution < 1.29 is 19.1 Å². The van der Waals surface area contributed by atoms with E-state index in [0.717, 1.165) is 23.3 Å². The predicted octanol–water partition coefficient (Wildman–Crippen LogP) is 3.40. The van der Waals surface area contributed by atoms with Crippen molar-refractivity contribution in [1.29, 1.82) is 0 Å². The van der Waals surface area contributed by atoms with Gasteiger partial charge in [-0.3, -0.25) is 19.4 Å². The van der Waals surface area contributed by atoms with Gasteiger partial charge in [0.1, 0.15) is 17.6 Å². The van der Waals surface area contributed by atoms with E-state index in [1.165, 1.54) is 16.7 Å². The number of rotatable bonds is 10. The summed E-state index contributed by atoms with van der Waals surface area (Å²) in [5.74, 6) is 0.908. The van der Waals surface area contributed by atoms with Gasteiger partial charge in [-0.25, -0.2) is 9.89 Å². The Hall–Kier alpha value is -3.66. The maximum Gasteiger partial charge on any atom is 0.259 e. The maximum atomic E-state index is 13.4. The molecule has 194 valence electrons. The van der Waals surface area contributed by atoms with Crippen molar-refractivity contribution in [2.24, 2.45) is 9.98 Å². The van der Waals surface area contributed by atoms with Crippen LogP contribution in [0.15, 0.2) is 58.5 Å². The van der Waals surface area contributed by atoms with E-state index < -0.39 is 6.04 Å². The molecule has 2 aromatic carbocycles. The Kier molecular flexibility index (Phi) is 8.60. The van der Waals surface area contributed by atoms with Crippen LogP contribution in [-0.2, 0) is 20.9 Å². The molecule has 2 aliphatic rings. The number of aliphatic imine (C=N–C) groups is 2. The lowest BCUT2D eigenvalue weighted by atomic mass is 10.1. The molecule has 0 fully saturated rings. The number of fused-ring (bicyclic) bond motifs is 3. The van der Waals surface area contributed by atoms with Crippen molar-refractivity contribution in [1.82, 2.24) is 15.5 Å². The number of carbonyl (C=O) groups is 3. The zero-order chi connectivity index (χ0) is 26.4. The van der Waals surface area contributed by atoms with E-state index in [-0.39, 0.29) is 42.4 Å². The molecule has 0 spiro atoms. The molecule has 4 rings (SSSR count). The van der Waals surface area contributed by atoms with Crippen LogP contribution in [0.5, 0.6) is 5.75 Å². The summed E-state index contributed by atoms with van der Waals surface area (Å²) in [6.07, 6.45) is 1.28. The summed E-state index contributed by atoms with van der Waals surface area (Å²) in [5, 5.41) is 6.25. The fourth-order valence-corrected chi connectivity index (χ4v) is 4.75. The van der Waals surface area contributed by atoms with Crippen molar-refractivity contribution >= 4 is 46.2 Å². The molecule has 0 radical (unpaired) electrons. The average molecular weight is 522 g/mol. The molecule has 2 N–H and O–H groups in total. The Morgan fingerprint density at radius 3 is 2.62 bits per heavy atom. The molecule has 0 saturated carbocycles. The van der Waals surface area contributed by atoms with E-state index >= 15 is 0 Å². The SMILES string of the molecule is CC[C@@H](C)NC(=O)CSC1=Nc2ccccc2C2=N[C@@H](CCC(=O)NCc3ccc(OC)cc3)C(=O)N12. The molecule has 0 bridgehead atoms. The molecule has 2 heterocycles. The Balaban J connectivity index is 1.39. The number of amidine groups is 2. The van der Waals surface area contributed by atoms with Crippen LogP contribution in [0.2, 0.25) is 0 Å². The summed E-state index contributed by atoms with van der Waals surface area (Å²) in [6.45, 7) is 4.34. The molecule has 2 aliphatic heterocycles. The summed E-state index contributed by atoms with van der Waals surface area (Å²) >= 11 is 1.21. The lowest BCUT2D eigenvalue weighted by Gasteiger charge is -2.25. The van der Waals surface area contributed by atoms with Gasteiger partial charge in [0, 0.05) is 24.6 Å². The Bertz CT molecular complexity index is 1230. The smallest absolute Gasteiger partial charge is 0.259 e. The molecule has 0 aromatic heterocycles. The van der Waals surface area contributed by atoms with Gasteiger partial charge >= 0.3 is 0 Å². The molecule has 9 nitrogen and oxygen atoms in total. The van der Waals surface area contributed by atoms with Crippen molar-refractivity contribution in [2.75, 3.05) is 12.9 Å². The highest BCUT2D eigenvalue weighted by Gasteiger charge is 2.41. The standard InChI is InChI=1S/C27H31N5O4S/c1-4-17(2)29-24(34)16-37-27-31-21-8-6-5-7-20(21)25-30-22(26(35)32(25)27)13-14-23(33)28-15-18-9-11-19(36-3)12-10-18/h5-12,17,22H,4,13-16H2,1-3H3,(H,28,33)(H,29,34)/t17-,22+/m1/s1. The quantitative estimate of drug-likeness (QED) is 0.498. The van der Waals surface area contributed by atoms with E-state index in [1.54, 1.807) is 7.11 Å². The molecule has 2 atom stereocenters. The van der Waals surface area contributed by atoms with Crippen LogP contribution >= 0.6 is 11.8 Å². The van der Waals surface area contributed by atoms with Crippen LogP contribution in [0.3, 0.4) is 0 Å². The fourth-order valence-electron chi connectivity index (χ4n) is 3.94. The van der Waals surface area contributed by atoms with Gasteiger partial charge in [-0.15, -0.1) is 0 Å². The molecule has 0 saturated heterocycles. The minimum atomic E-state index is -0.687. The first-order valence-electron chi connectivity index (χ1n) is 12.3. The van der Waals surface area contributed by atoms with Crippen molar-refractivity contribution in [3.05, 3.63) is 59.7 Å². The van der Waals surface area contributed by atoms with Crippen molar-refractivity contribution in [2.45, 2.75) is 51.7 Å². The average Bonchev–Trinajstić information content (AvgIpc) is 3.26. The molecule has 0 unspecified atom stereocenters. The van der Waals surface area contributed by atoms with E-state index in [2.05, 4.69) is 20.6 Å². The molecule has 2 aromatic rings. The monoisotopic (exact) mass is 521 g/mol. The molecule has 3 amide bonds. The van der Waals surface area contributed by atoms with Crippen LogP contribution in [-0.4, -0.2) is 58.6 Å². The number of nitrogens with one attached hydrogen (secondary N) is 2. The number of hydrogen-bond acceptors (Lipinski definition) is 7. The van der Waals surface area contributed by atoms with Crippen LogP contribution < -0.4 is 15.4 Å². The minimum Gasteiger partial charge on any atom is -0.497 e. The summed E-state index contributed by atoms with van der Waals surface area (Å²) < 4.78 is 5.15. The zero-order valence-corrected chi connectivity index (χ0v) is 22.0. The van der Waals surface area contributed by atoms with Crippen LogP contribution in [0.1, 0.15) is 44.2 Å². The highest BCUT2D eigenvalue weighted by molar-refractivity contribution is 8.14. The van der Waals surface area contributed by atoms with E-state index in [0.29, 0.717) is 23.2 Å². The van der Waals surface area contributed by atoms with Crippen LogP contribution in [0, 0.1) is 0 Å². The number of hydrogen-bond donors (Lipinski definition) is 2. The molecule has 10 heteroatoms. The number of methoxy groups -OCH3 is 1. The van der Waals surface area contributed by atoms with Gasteiger partial charge in [0.15, 0.2) is 5.17 Å². The molecular weight excluding hydrogens is 490 g/mol. The number of ether oxygens (including phenoxy) is 1. The number of thioether (sulfide) groups is 1. The number of carbonyl (C=O) groups excluding carboxylic acids is 3. The highest BCUT2D eigenvalue weighted by Crippen LogP contribution is 2.34. The molecule has 0 aliphatic carbocycles. The van der Waals surface area contributed by atoms with Gasteiger partial charge in [0.25, 0.3) is 5.91 Å². The summed E-state index contributed by atoms with van der Waals surface area (Å²) in [6, 6.07) is 14.3. The largest absolute Gasteiger partial charge is 0.497 e. The Morgan fingerprint density at radius 1 is 1.14 bits per heavy atom. The predicted molar refractivity (Wildman–Crippen MR) is 145 cm³/mol. The second kappa shape index (κ2) is 12.1. The highest BCUT2D eigenvalue weighted by atomic mass is 32.2. The first-order chi connectivity index (χ1) is 17.9. The number of para-hydroxylation sites is 1. The number of benzene rings is 2. The normalized spacial score (nSPS) is 16.8. The Labute approximate surface area is 220 Å². The van der Waals surface area contributed by atoms with E-state index in [4.69, 9.17) is 4.74 Å². The van der Waals surface area contributed by atoms with Crippen LogP contribution in [0.4, 0.5) is 5.69 Å². The number of nitrogens with zero attached hydrogens (tertiary/aromatic N) is 3. The summed E-state index contributed by atoms with van der Waals surface area (Å²) in [4.78, 5) is 49.0. The fraction of sp³-hybridized carbons (Fsp3) is 0.370. The topological polar surface area (TPSA) is 112 Å². The van der Waals surface area contributed by atoms with Crippen LogP contribution in [0.25, 0.3) is 0 Å². The van der Waals surface area contributed by atoms with E-state index in [9.17, 15) is 14.4 Å². The lowest BCUT2D eigenvalue weighted by molar-refractivity contribution is -0.125. The lowest BCUT2D eigenvalue weighted by Crippen LogP contribution is -2.42. The van der Waals surface area contributed by atoms with Crippen molar-refractivity contribution in [3.8, 4) is 5.75 Å². The first kappa shape index (κ1) is 26.4. The number of amides is 3. The summed E-state index contributed by atoms with van der Waals surface area (Å²) in [7, 11) is 1.61. The van der Waals surface area contributed by atoms with Gasteiger partial charge < -0.3 is 15.4 Å². The Morgan fingerprint density at radius 2 is 1.89 bits per heavy atom. The second-order valence-corrected chi connectivity index (χ2v) is 9.83. The molecule has 37 heavy (non-hydrogen) atoms. The molecular formula is C27H31N5O4S. The first-order valence-corrected chi connectivity index (χ1v) is 13.3.